The van der Waals surface area contributed by atoms with Gasteiger partial charge >= 0.3 is 0 Å². The largest absolute Gasteiger partial charge is 0.494 e. The van der Waals surface area contributed by atoms with E-state index in [4.69, 9.17) is 4.74 Å². The molecule has 110 valence electrons. The SMILES string of the molecule is CCOc1cccc(CNc2ccc([N+](=O)[O-])cc2Br)c1. The molecule has 0 aliphatic heterocycles. The molecule has 0 unspecified atom stereocenters. The first-order valence-corrected chi connectivity index (χ1v) is 7.29. The van der Waals surface area contributed by atoms with Gasteiger partial charge < -0.3 is 10.1 Å². The zero-order valence-electron chi connectivity index (χ0n) is 11.5. The van der Waals surface area contributed by atoms with E-state index in [9.17, 15) is 10.1 Å². The van der Waals surface area contributed by atoms with Crippen LogP contribution in [0.2, 0.25) is 0 Å². The number of hydrogen-bond donors (Lipinski definition) is 1. The van der Waals surface area contributed by atoms with E-state index in [1.165, 1.54) is 12.1 Å². The van der Waals surface area contributed by atoms with E-state index in [1.54, 1.807) is 6.07 Å². The van der Waals surface area contributed by atoms with E-state index >= 15 is 0 Å². The summed E-state index contributed by atoms with van der Waals surface area (Å²) >= 11 is 3.34. The van der Waals surface area contributed by atoms with E-state index in [0.29, 0.717) is 17.6 Å². The Balaban J connectivity index is 2.06. The highest BCUT2D eigenvalue weighted by Crippen LogP contribution is 2.27. The van der Waals surface area contributed by atoms with E-state index < -0.39 is 4.92 Å². The van der Waals surface area contributed by atoms with Crippen molar-refractivity contribution in [1.82, 2.24) is 0 Å². The second-order valence-electron chi connectivity index (χ2n) is 4.36. The molecule has 0 saturated carbocycles. The predicted octanol–water partition coefficient (Wildman–Crippen LogP) is 4.37. The monoisotopic (exact) mass is 350 g/mol. The molecule has 0 radical (unpaired) electrons. The summed E-state index contributed by atoms with van der Waals surface area (Å²) in [5.74, 6) is 0.833. The topological polar surface area (TPSA) is 64.4 Å². The van der Waals surface area contributed by atoms with E-state index in [1.807, 2.05) is 31.2 Å². The molecule has 0 spiro atoms. The Labute approximate surface area is 131 Å². The molecule has 0 aliphatic carbocycles. The van der Waals surface area contributed by atoms with Crippen molar-refractivity contribution < 1.29 is 9.66 Å². The number of non-ortho nitro benzene ring substituents is 1. The molecule has 0 bridgehead atoms. The predicted molar refractivity (Wildman–Crippen MR) is 85.7 cm³/mol. The molecule has 0 atom stereocenters. The van der Waals surface area contributed by atoms with Gasteiger partial charge in [0.15, 0.2) is 0 Å². The highest BCUT2D eigenvalue weighted by atomic mass is 79.9. The van der Waals surface area contributed by atoms with Gasteiger partial charge in [-0.15, -0.1) is 0 Å². The van der Waals surface area contributed by atoms with Crippen LogP contribution < -0.4 is 10.1 Å². The Bertz CT molecular complexity index is 647. The van der Waals surface area contributed by atoms with Gasteiger partial charge in [-0.3, -0.25) is 10.1 Å². The number of nitrogens with one attached hydrogen (secondary N) is 1. The highest BCUT2D eigenvalue weighted by molar-refractivity contribution is 9.10. The summed E-state index contributed by atoms with van der Waals surface area (Å²) in [7, 11) is 0. The van der Waals surface area contributed by atoms with Crippen LogP contribution >= 0.6 is 15.9 Å². The van der Waals surface area contributed by atoms with Gasteiger partial charge in [-0.25, -0.2) is 0 Å². The van der Waals surface area contributed by atoms with Crippen LogP contribution in [-0.4, -0.2) is 11.5 Å². The summed E-state index contributed by atoms with van der Waals surface area (Å²) in [6, 6.07) is 12.5. The normalized spacial score (nSPS) is 10.2. The van der Waals surface area contributed by atoms with Gasteiger partial charge in [-0.1, -0.05) is 12.1 Å². The van der Waals surface area contributed by atoms with Crippen LogP contribution in [0.15, 0.2) is 46.9 Å². The third-order valence-electron chi connectivity index (χ3n) is 2.86. The molecule has 1 N–H and O–H groups in total. The van der Waals surface area contributed by atoms with E-state index in [0.717, 1.165) is 17.0 Å². The van der Waals surface area contributed by atoms with Gasteiger partial charge in [-0.05, 0) is 46.6 Å². The number of halogens is 1. The maximum absolute atomic E-state index is 10.7. The minimum atomic E-state index is -0.417. The third-order valence-corrected chi connectivity index (χ3v) is 3.51. The lowest BCUT2D eigenvalue weighted by Crippen LogP contribution is -2.01. The van der Waals surface area contributed by atoms with Gasteiger partial charge in [0.1, 0.15) is 5.75 Å². The third kappa shape index (κ3) is 4.19. The Kier molecular flexibility index (Phi) is 5.16. The summed E-state index contributed by atoms with van der Waals surface area (Å²) in [5, 5.41) is 13.9. The number of nitro groups is 1. The van der Waals surface area contributed by atoms with E-state index in [-0.39, 0.29) is 5.69 Å². The number of benzene rings is 2. The van der Waals surface area contributed by atoms with Crippen LogP contribution in [0.3, 0.4) is 0 Å². The molecule has 0 heterocycles. The first kappa shape index (κ1) is 15.3. The lowest BCUT2D eigenvalue weighted by atomic mass is 10.2. The zero-order chi connectivity index (χ0) is 15.2. The molecule has 2 aromatic rings. The van der Waals surface area contributed by atoms with Gasteiger partial charge in [0.2, 0.25) is 0 Å². The highest BCUT2D eigenvalue weighted by Gasteiger charge is 2.08. The summed E-state index contributed by atoms with van der Waals surface area (Å²) in [6.07, 6.45) is 0. The average Bonchev–Trinajstić information content (AvgIpc) is 2.46. The standard InChI is InChI=1S/C15H15BrN2O3/c1-2-21-13-5-3-4-11(8-13)10-17-15-7-6-12(18(19)20)9-14(15)16/h3-9,17H,2,10H2,1H3. The van der Waals surface area contributed by atoms with Crippen molar-refractivity contribution in [2.45, 2.75) is 13.5 Å². The molecule has 2 rings (SSSR count). The maximum atomic E-state index is 10.7. The number of nitro benzene ring substituents is 1. The Morgan fingerprint density at radius 3 is 2.76 bits per heavy atom. The van der Waals surface area contributed by atoms with Crippen LogP contribution in [0, 0.1) is 10.1 Å². The van der Waals surface area contributed by atoms with Crippen molar-refractivity contribution in [3.63, 3.8) is 0 Å². The quantitative estimate of drug-likeness (QED) is 0.620. The van der Waals surface area contributed by atoms with Crippen LogP contribution in [0.4, 0.5) is 11.4 Å². The minimum Gasteiger partial charge on any atom is -0.494 e. The number of hydrogen-bond acceptors (Lipinski definition) is 4. The first-order chi connectivity index (χ1) is 10.1. The van der Waals surface area contributed by atoms with Gasteiger partial charge in [0.05, 0.1) is 11.5 Å². The summed E-state index contributed by atoms with van der Waals surface area (Å²) in [5.41, 5.74) is 1.94. The van der Waals surface area contributed by atoms with Crippen LogP contribution in [0.1, 0.15) is 12.5 Å². The van der Waals surface area contributed by atoms with Gasteiger partial charge in [0.25, 0.3) is 5.69 Å². The lowest BCUT2D eigenvalue weighted by molar-refractivity contribution is -0.384. The van der Waals surface area contributed by atoms with Crippen molar-refractivity contribution in [3.8, 4) is 5.75 Å². The first-order valence-electron chi connectivity index (χ1n) is 6.49. The van der Waals surface area contributed by atoms with Crippen molar-refractivity contribution in [2.75, 3.05) is 11.9 Å². The molecule has 0 fully saturated rings. The second kappa shape index (κ2) is 7.08. The van der Waals surface area contributed by atoms with Gasteiger partial charge in [0, 0.05) is 28.8 Å². The fourth-order valence-corrected chi connectivity index (χ4v) is 2.38. The van der Waals surface area contributed by atoms with Crippen LogP contribution in [0.5, 0.6) is 5.75 Å². The van der Waals surface area contributed by atoms with Crippen molar-refractivity contribution >= 4 is 27.3 Å². The number of nitrogens with zero attached hydrogens (tertiary/aromatic N) is 1. The fraction of sp³-hybridized carbons (Fsp3) is 0.200. The minimum absolute atomic E-state index is 0.0609. The molecule has 6 heteroatoms. The average molecular weight is 351 g/mol. The van der Waals surface area contributed by atoms with Crippen LogP contribution in [-0.2, 0) is 6.54 Å². The Morgan fingerprint density at radius 1 is 1.29 bits per heavy atom. The van der Waals surface area contributed by atoms with Crippen molar-refractivity contribution in [3.05, 3.63) is 62.6 Å². The second-order valence-corrected chi connectivity index (χ2v) is 5.21. The van der Waals surface area contributed by atoms with Crippen molar-refractivity contribution in [1.29, 1.82) is 0 Å². The van der Waals surface area contributed by atoms with E-state index in [2.05, 4.69) is 21.2 Å². The maximum Gasteiger partial charge on any atom is 0.270 e. The lowest BCUT2D eigenvalue weighted by Gasteiger charge is -2.10. The molecule has 0 aliphatic rings. The summed E-state index contributed by atoms with van der Waals surface area (Å²) in [6.45, 7) is 3.18. The molecular weight excluding hydrogens is 336 g/mol. The molecule has 0 saturated heterocycles. The van der Waals surface area contributed by atoms with Gasteiger partial charge in [-0.2, -0.15) is 0 Å². The molecule has 0 amide bonds. The molecule has 21 heavy (non-hydrogen) atoms. The molecule has 5 nitrogen and oxygen atoms in total. The van der Waals surface area contributed by atoms with Crippen molar-refractivity contribution in [2.24, 2.45) is 0 Å². The molecule has 2 aromatic carbocycles. The number of anilines is 1. The van der Waals surface area contributed by atoms with Crippen LogP contribution in [0.25, 0.3) is 0 Å². The molecular formula is C15H15BrN2O3. The Morgan fingerprint density at radius 2 is 2.10 bits per heavy atom. The molecule has 0 aromatic heterocycles. The zero-order valence-corrected chi connectivity index (χ0v) is 13.1. The fourth-order valence-electron chi connectivity index (χ4n) is 1.87. The summed E-state index contributed by atoms with van der Waals surface area (Å²) < 4.78 is 6.12. The Hall–Kier alpha value is -2.08. The smallest absolute Gasteiger partial charge is 0.270 e. The number of ether oxygens (including phenoxy) is 1. The summed E-state index contributed by atoms with van der Waals surface area (Å²) in [4.78, 5) is 10.3. The number of rotatable bonds is 6.